The smallest absolute Gasteiger partial charge is 0.261 e. The lowest BCUT2D eigenvalue weighted by atomic mass is 10.2. The average Bonchev–Trinajstić information content (AvgIpc) is 3.04. The standard InChI is InChI=1S/C13H22N6O/c1-5-19(6-2)8-11(14)12-16-13(20-17-12)10-7-15-18(4)9(10)3/h7,11H,5-6,8,14H2,1-4H3. The van der Waals surface area contributed by atoms with Crippen LogP contribution in [0.2, 0.25) is 0 Å². The zero-order valence-electron chi connectivity index (χ0n) is 12.5. The predicted octanol–water partition coefficient (Wildman–Crippen LogP) is 1.12. The van der Waals surface area contributed by atoms with Gasteiger partial charge in [-0.25, -0.2) is 0 Å². The SMILES string of the molecule is CCN(CC)CC(N)c1noc(-c2cnn(C)c2C)n1. The van der Waals surface area contributed by atoms with Crippen LogP contribution in [0.25, 0.3) is 11.5 Å². The van der Waals surface area contributed by atoms with E-state index in [0.717, 1.165) is 30.9 Å². The van der Waals surface area contributed by atoms with Crippen molar-refractivity contribution < 1.29 is 4.52 Å². The van der Waals surface area contributed by atoms with Crippen LogP contribution >= 0.6 is 0 Å². The Morgan fingerprint density at radius 1 is 1.40 bits per heavy atom. The number of aromatic nitrogens is 4. The molecule has 1 atom stereocenters. The second kappa shape index (κ2) is 6.15. The molecule has 0 bridgehead atoms. The molecular formula is C13H22N6O. The van der Waals surface area contributed by atoms with E-state index in [0.29, 0.717) is 11.7 Å². The van der Waals surface area contributed by atoms with Crippen LogP contribution in [-0.4, -0.2) is 44.5 Å². The van der Waals surface area contributed by atoms with Crippen molar-refractivity contribution in [2.75, 3.05) is 19.6 Å². The van der Waals surface area contributed by atoms with E-state index < -0.39 is 0 Å². The summed E-state index contributed by atoms with van der Waals surface area (Å²) in [4.78, 5) is 6.63. The van der Waals surface area contributed by atoms with Gasteiger partial charge in [-0.2, -0.15) is 10.1 Å². The fraction of sp³-hybridized carbons (Fsp3) is 0.615. The van der Waals surface area contributed by atoms with E-state index in [1.807, 2.05) is 14.0 Å². The van der Waals surface area contributed by atoms with Gasteiger partial charge in [0.05, 0.1) is 17.8 Å². The van der Waals surface area contributed by atoms with Gasteiger partial charge in [-0.05, 0) is 20.0 Å². The zero-order chi connectivity index (χ0) is 14.7. The van der Waals surface area contributed by atoms with Gasteiger partial charge in [-0.1, -0.05) is 19.0 Å². The minimum absolute atomic E-state index is 0.246. The molecule has 2 heterocycles. The number of nitrogens with two attached hydrogens (primary N) is 1. The molecule has 20 heavy (non-hydrogen) atoms. The molecule has 2 aromatic rings. The highest BCUT2D eigenvalue weighted by Crippen LogP contribution is 2.21. The number of nitrogens with zero attached hydrogens (tertiary/aromatic N) is 5. The van der Waals surface area contributed by atoms with Gasteiger partial charge in [-0.3, -0.25) is 4.68 Å². The highest BCUT2D eigenvalue weighted by molar-refractivity contribution is 5.54. The predicted molar refractivity (Wildman–Crippen MR) is 76.0 cm³/mol. The summed E-state index contributed by atoms with van der Waals surface area (Å²) in [5.41, 5.74) is 7.97. The molecule has 0 aliphatic rings. The lowest BCUT2D eigenvalue weighted by Crippen LogP contribution is -2.32. The fourth-order valence-electron chi connectivity index (χ4n) is 2.05. The Hall–Kier alpha value is -1.73. The van der Waals surface area contributed by atoms with Crippen LogP contribution in [-0.2, 0) is 7.05 Å². The number of hydrogen-bond donors (Lipinski definition) is 1. The number of likely N-dealkylation sites (N-methyl/N-ethyl adjacent to an activating group) is 1. The summed E-state index contributed by atoms with van der Waals surface area (Å²) in [6.45, 7) is 8.81. The molecule has 110 valence electrons. The van der Waals surface area contributed by atoms with Gasteiger partial charge in [0, 0.05) is 19.3 Å². The summed E-state index contributed by atoms with van der Waals surface area (Å²) in [6, 6.07) is -0.246. The van der Waals surface area contributed by atoms with Crippen LogP contribution in [0.1, 0.15) is 31.4 Å². The van der Waals surface area contributed by atoms with Crippen LogP contribution in [0.5, 0.6) is 0 Å². The summed E-state index contributed by atoms with van der Waals surface area (Å²) in [7, 11) is 1.88. The molecule has 2 rings (SSSR count). The Morgan fingerprint density at radius 3 is 2.65 bits per heavy atom. The largest absolute Gasteiger partial charge is 0.334 e. The average molecular weight is 278 g/mol. The van der Waals surface area contributed by atoms with Crippen molar-refractivity contribution in [3.8, 4) is 11.5 Å². The van der Waals surface area contributed by atoms with Crippen molar-refractivity contribution in [2.24, 2.45) is 12.8 Å². The summed E-state index contributed by atoms with van der Waals surface area (Å²) in [5.74, 6) is 1.01. The van der Waals surface area contributed by atoms with Gasteiger partial charge in [0.15, 0.2) is 5.82 Å². The van der Waals surface area contributed by atoms with Crippen molar-refractivity contribution in [1.29, 1.82) is 0 Å². The van der Waals surface area contributed by atoms with Crippen LogP contribution in [0, 0.1) is 6.92 Å². The topological polar surface area (TPSA) is 86.0 Å². The third-order valence-electron chi connectivity index (χ3n) is 3.59. The molecule has 0 spiro atoms. The van der Waals surface area contributed by atoms with E-state index in [4.69, 9.17) is 10.3 Å². The van der Waals surface area contributed by atoms with Crippen LogP contribution in [0.4, 0.5) is 0 Å². The lowest BCUT2D eigenvalue weighted by molar-refractivity contribution is 0.278. The summed E-state index contributed by atoms with van der Waals surface area (Å²) in [6.07, 6.45) is 1.72. The second-order valence-corrected chi connectivity index (χ2v) is 4.82. The van der Waals surface area contributed by atoms with E-state index in [1.165, 1.54) is 0 Å². The monoisotopic (exact) mass is 278 g/mol. The Morgan fingerprint density at radius 2 is 2.10 bits per heavy atom. The van der Waals surface area contributed by atoms with E-state index in [2.05, 4.69) is 34.0 Å². The first kappa shape index (κ1) is 14.7. The molecule has 2 aromatic heterocycles. The maximum absolute atomic E-state index is 6.13. The van der Waals surface area contributed by atoms with Crippen molar-refractivity contribution in [1.82, 2.24) is 24.8 Å². The molecule has 1 unspecified atom stereocenters. The lowest BCUT2D eigenvalue weighted by Gasteiger charge is -2.20. The van der Waals surface area contributed by atoms with Gasteiger partial charge >= 0.3 is 0 Å². The third-order valence-corrected chi connectivity index (χ3v) is 3.59. The maximum Gasteiger partial charge on any atom is 0.261 e. The third kappa shape index (κ3) is 2.88. The molecule has 0 saturated heterocycles. The van der Waals surface area contributed by atoms with Gasteiger partial charge in [0.1, 0.15) is 0 Å². The molecule has 0 amide bonds. The second-order valence-electron chi connectivity index (χ2n) is 4.82. The van der Waals surface area contributed by atoms with Crippen LogP contribution < -0.4 is 5.73 Å². The van der Waals surface area contributed by atoms with Crippen molar-refractivity contribution in [3.63, 3.8) is 0 Å². The fourth-order valence-corrected chi connectivity index (χ4v) is 2.05. The highest BCUT2D eigenvalue weighted by Gasteiger charge is 2.19. The maximum atomic E-state index is 6.13. The molecule has 0 aliphatic carbocycles. The highest BCUT2D eigenvalue weighted by atomic mass is 16.5. The Balaban J connectivity index is 2.14. The minimum Gasteiger partial charge on any atom is -0.334 e. The first-order valence-corrected chi connectivity index (χ1v) is 6.87. The minimum atomic E-state index is -0.246. The molecule has 0 saturated carbocycles. The molecule has 2 N–H and O–H groups in total. The van der Waals surface area contributed by atoms with E-state index in [9.17, 15) is 0 Å². The van der Waals surface area contributed by atoms with E-state index in [1.54, 1.807) is 10.9 Å². The molecule has 0 aromatic carbocycles. The normalized spacial score (nSPS) is 13.1. The number of rotatable bonds is 6. The van der Waals surface area contributed by atoms with Crippen LogP contribution in [0.15, 0.2) is 10.7 Å². The molecule has 7 nitrogen and oxygen atoms in total. The molecule has 0 radical (unpaired) electrons. The first-order valence-electron chi connectivity index (χ1n) is 6.87. The van der Waals surface area contributed by atoms with Gasteiger partial charge in [-0.15, -0.1) is 0 Å². The molecule has 7 heteroatoms. The van der Waals surface area contributed by atoms with Gasteiger partial charge < -0.3 is 15.2 Å². The Kier molecular flexibility index (Phi) is 4.51. The summed E-state index contributed by atoms with van der Waals surface area (Å²) < 4.78 is 7.07. The zero-order valence-corrected chi connectivity index (χ0v) is 12.5. The first-order chi connectivity index (χ1) is 9.56. The van der Waals surface area contributed by atoms with E-state index >= 15 is 0 Å². The molecular weight excluding hydrogens is 256 g/mol. The van der Waals surface area contributed by atoms with Crippen molar-refractivity contribution >= 4 is 0 Å². The van der Waals surface area contributed by atoms with Gasteiger partial charge in [0.25, 0.3) is 5.89 Å². The van der Waals surface area contributed by atoms with Crippen molar-refractivity contribution in [3.05, 3.63) is 17.7 Å². The number of hydrogen-bond acceptors (Lipinski definition) is 6. The number of aryl methyl sites for hydroxylation is 1. The van der Waals surface area contributed by atoms with Crippen molar-refractivity contribution in [2.45, 2.75) is 26.8 Å². The quantitative estimate of drug-likeness (QED) is 0.852. The van der Waals surface area contributed by atoms with Gasteiger partial charge in [0.2, 0.25) is 0 Å². The van der Waals surface area contributed by atoms with E-state index in [-0.39, 0.29) is 6.04 Å². The van der Waals surface area contributed by atoms with Crippen LogP contribution in [0.3, 0.4) is 0 Å². The summed E-state index contributed by atoms with van der Waals surface area (Å²) in [5, 5.41) is 8.16. The summed E-state index contributed by atoms with van der Waals surface area (Å²) >= 11 is 0. The Bertz CT molecular complexity index is 557. The molecule has 0 aliphatic heterocycles. The molecule has 0 fully saturated rings. The Labute approximate surface area is 118 Å².